The van der Waals surface area contributed by atoms with Crippen LogP contribution in [0.15, 0.2) is 79.8 Å². The van der Waals surface area contributed by atoms with Crippen molar-refractivity contribution in [3.05, 3.63) is 91.2 Å². The second-order valence-corrected chi connectivity index (χ2v) is 7.32. The van der Waals surface area contributed by atoms with E-state index in [1.54, 1.807) is 54.5 Å². The fraction of sp³-hybridized carbons (Fsp3) is 0.0417. The second kappa shape index (κ2) is 10.3. The predicted octanol–water partition coefficient (Wildman–Crippen LogP) is 4.21. The maximum Gasteiger partial charge on any atom is 0.255 e. The number of benzene rings is 2. The van der Waals surface area contributed by atoms with E-state index < -0.39 is 17.6 Å². The smallest absolute Gasteiger partial charge is 0.255 e. The van der Waals surface area contributed by atoms with Crippen LogP contribution in [0.4, 0.5) is 38.9 Å². The first kappa shape index (κ1) is 23.1. The zero-order valence-corrected chi connectivity index (χ0v) is 18.6. The van der Waals surface area contributed by atoms with Crippen LogP contribution in [0.2, 0.25) is 0 Å². The molecular formula is C24H21FN8O2. The molecule has 2 aromatic carbocycles. The molecule has 0 saturated heterocycles. The van der Waals surface area contributed by atoms with Crippen LogP contribution in [0.3, 0.4) is 0 Å². The standard InChI is InChI=1S/C24H21FN8O2/c1-3-21(34)28-16-9-10-18(25)19(11-16)30-22-20(31-23(35)15-7-5-4-6-8-15)13-26-24(32-22)29-17-12-27-33(2)14-17/h3-14H,1H2,2H3,(H,28,34)(H,31,35)(H2,26,29,30,32). The monoisotopic (exact) mass is 472 g/mol. The lowest BCUT2D eigenvalue weighted by Crippen LogP contribution is -2.15. The fourth-order valence-corrected chi connectivity index (χ4v) is 3.05. The highest BCUT2D eigenvalue weighted by molar-refractivity contribution is 6.05. The van der Waals surface area contributed by atoms with Gasteiger partial charge in [0.25, 0.3) is 5.91 Å². The number of carbonyl (C=O) groups is 2. The first-order valence-corrected chi connectivity index (χ1v) is 10.4. The average Bonchev–Trinajstić information content (AvgIpc) is 3.27. The van der Waals surface area contributed by atoms with E-state index in [2.05, 4.69) is 42.9 Å². The molecule has 0 bridgehead atoms. The van der Waals surface area contributed by atoms with E-state index in [4.69, 9.17) is 0 Å². The van der Waals surface area contributed by atoms with Gasteiger partial charge in [0.1, 0.15) is 11.5 Å². The number of hydrogen-bond acceptors (Lipinski definition) is 7. The van der Waals surface area contributed by atoms with Gasteiger partial charge in [0.2, 0.25) is 11.9 Å². The Morgan fingerprint density at radius 3 is 2.51 bits per heavy atom. The number of amides is 2. The minimum Gasteiger partial charge on any atom is -0.336 e. The van der Waals surface area contributed by atoms with Gasteiger partial charge in [0.05, 0.1) is 23.8 Å². The lowest BCUT2D eigenvalue weighted by atomic mass is 10.2. The summed E-state index contributed by atoms with van der Waals surface area (Å²) >= 11 is 0. The number of nitrogens with zero attached hydrogens (tertiary/aromatic N) is 4. The Bertz CT molecular complexity index is 1390. The Balaban J connectivity index is 1.67. The van der Waals surface area contributed by atoms with Crippen molar-refractivity contribution in [3.63, 3.8) is 0 Å². The van der Waals surface area contributed by atoms with Gasteiger partial charge in [-0.3, -0.25) is 14.3 Å². The highest BCUT2D eigenvalue weighted by Crippen LogP contribution is 2.29. The number of halogens is 1. The predicted molar refractivity (Wildman–Crippen MR) is 131 cm³/mol. The van der Waals surface area contributed by atoms with Gasteiger partial charge in [0, 0.05) is 24.5 Å². The van der Waals surface area contributed by atoms with Crippen molar-refractivity contribution in [2.45, 2.75) is 0 Å². The van der Waals surface area contributed by atoms with Crippen molar-refractivity contribution >= 4 is 46.3 Å². The van der Waals surface area contributed by atoms with Gasteiger partial charge in [-0.05, 0) is 36.4 Å². The first-order valence-electron chi connectivity index (χ1n) is 10.4. The van der Waals surface area contributed by atoms with Gasteiger partial charge in [-0.1, -0.05) is 24.8 Å². The van der Waals surface area contributed by atoms with Crippen molar-refractivity contribution in [1.29, 1.82) is 0 Å². The van der Waals surface area contributed by atoms with Gasteiger partial charge < -0.3 is 21.3 Å². The lowest BCUT2D eigenvalue weighted by molar-refractivity contribution is -0.111. The molecule has 2 heterocycles. The summed E-state index contributed by atoms with van der Waals surface area (Å²) in [5.41, 5.74) is 1.65. The number of rotatable bonds is 8. The van der Waals surface area contributed by atoms with E-state index in [-0.39, 0.29) is 23.1 Å². The average molecular weight is 472 g/mol. The van der Waals surface area contributed by atoms with E-state index in [0.29, 0.717) is 16.9 Å². The summed E-state index contributed by atoms with van der Waals surface area (Å²) < 4.78 is 16.2. The number of carbonyl (C=O) groups excluding carboxylic acids is 2. The van der Waals surface area contributed by atoms with Gasteiger partial charge >= 0.3 is 0 Å². The van der Waals surface area contributed by atoms with Crippen LogP contribution in [0, 0.1) is 5.82 Å². The minimum atomic E-state index is -0.595. The van der Waals surface area contributed by atoms with Gasteiger partial charge in [0.15, 0.2) is 5.82 Å². The molecule has 0 aliphatic carbocycles. The Hall–Kier alpha value is -5.06. The quantitative estimate of drug-likeness (QED) is 0.283. The lowest BCUT2D eigenvalue weighted by Gasteiger charge is -2.15. The number of anilines is 6. The highest BCUT2D eigenvalue weighted by atomic mass is 19.1. The molecule has 35 heavy (non-hydrogen) atoms. The molecular weight excluding hydrogens is 451 g/mol. The molecule has 0 aliphatic heterocycles. The maximum atomic E-state index is 14.6. The Morgan fingerprint density at radius 1 is 1.00 bits per heavy atom. The fourth-order valence-electron chi connectivity index (χ4n) is 3.05. The normalized spacial score (nSPS) is 10.3. The molecule has 4 N–H and O–H groups in total. The van der Waals surface area contributed by atoms with Crippen molar-refractivity contribution < 1.29 is 14.0 Å². The zero-order chi connectivity index (χ0) is 24.8. The Labute approximate surface area is 199 Å². The molecule has 10 nitrogen and oxygen atoms in total. The molecule has 0 radical (unpaired) electrons. The Morgan fingerprint density at radius 2 is 1.80 bits per heavy atom. The third-order valence-electron chi connectivity index (χ3n) is 4.71. The van der Waals surface area contributed by atoms with Crippen molar-refractivity contribution in [3.8, 4) is 0 Å². The van der Waals surface area contributed by atoms with Gasteiger partial charge in [-0.2, -0.15) is 10.1 Å². The SMILES string of the molecule is C=CC(=O)Nc1ccc(F)c(Nc2nc(Nc3cnn(C)c3)ncc2NC(=O)c2ccccc2)c1. The van der Waals surface area contributed by atoms with Crippen LogP contribution in [0.25, 0.3) is 0 Å². The molecule has 4 aromatic rings. The number of aryl methyl sites for hydroxylation is 1. The molecule has 2 aromatic heterocycles. The summed E-state index contributed by atoms with van der Waals surface area (Å²) in [6, 6.07) is 12.6. The summed E-state index contributed by atoms with van der Waals surface area (Å²) in [4.78, 5) is 33.0. The summed E-state index contributed by atoms with van der Waals surface area (Å²) in [5.74, 6) is -1.11. The molecule has 176 valence electrons. The third kappa shape index (κ3) is 5.85. The third-order valence-corrected chi connectivity index (χ3v) is 4.71. The topological polar surface area (TPSA) is 126 Å². The first-order chi connectivity index (χ1) is 16.9. The number of hydrogen-bond donors (Lipinski definition) is 4. The number of aromatic nitrogens is 4. The van der Waals surface area contributed by atoms with Crippen molar-refractivity contribution in [2.24, 2.45) is 7.05 Å². The van der Waals surface area contributed by atoms with Crippen molar-refractivity contribution in [2.75, 3.05) is 21.3 Å². The maximum absolute atomic E-state index is 14.6. The van der Waals surface area contributed by atoms with E-state index in [1.165, 1.54) is 24.4 Å². The van der Waals surface area contributed by atoms with Crippen LogP contribution in [-0.4, -0.2) is 31.6 Å². The van der Waals surface area contributed by atoms with E-state index in [1.807, 2.05) is 0 Å². The molecule has 0 spiro atoms. The highest BCUT2D eigenvalue weighted by Gasteiger charge is 2.15. The molecule has 0 atom stereocenters. The molecule has 4 rings (SSSR count). The van der Waals surface area contributed by atoms with Crippen molar-refractivity contribution in [1.82, 2.24) is 19.7 Å². The summed E-state index contributed by atoms with van der Waals surface area (Å²) in [5, 5.41) is 15.3. The molecule has 2 amide bonds. The summed E-state index contributed by atoms with van der Waals surface area (Å²) in [6.07, 6.45) is 5.82. The largest absolute Gasteiger partial charge is 0.336 e. The molecule has 0 fully saturated rings. The van der Waals surface area contributed by atoms with E-state index in [0.717, 1.165) is 6.08 Å². The zero-order valence-electron chi connectivity index (χ0n) is 18.6. The summed E-state index contributed by atoms with van der Waals surface area (Å²) in [6.45, 7) is 3.40. The van der Waals surface area contributed by atoms with E-state index >= 15 is 0 Å². The number of nitrogens with one attached hydrogen (secondary N) is 4. The van der Waals surface area contributed by atoms with Crippen LogP contribution in [-0.2, 0) is 11.8 Å². The van der Waals surface area contributed by atoms with Gasteiger partial charge in [-0.15, -0.1) is 0 Å². The second-order valence-electron chi connectivity index (χ2n) is 7.32. The van der Waals surface area contributed by atoms with Crippen LogP contribution >= 0.6 is 0 Å². The molecule has 0 saturated carbocycles. The molecule has 0 unspecified atom stereocenters. The summed E-state index contributed by atoms with van der Waals surface area (Å²) in [7, 11) is 1.77. The minimum absolute atomic E-state index is 0.0214. The molecule has 11 heteroatoms. The van der Waals surface area contributed by atoms with E-state index in [9.17, 15) is 14.0 Å². The van der Waals surface area contributed by atoms with Crippen LogP contribution in [0.1, 0.15) is 10.4 Å². The van der Waals surface area contributed by atoms with Crippen LogP contribution < -0.4 is 21.3 Å². The van der Waals surface area contributed by atoms with Crippen LogP contribution in [0.5, 0.6) is 0 Å². The Kier molecular flexibility index (Phi) is 6.77. The van der Waals surface area contributed by atoms with Gasteiger partial charge in [-0.25, -0.2) is 9.37 Å². The molecule has 0 aliphatic rings.